The summed E-state index contributed by atoms with van der Waals surface area (Å²) < 4.78 is 5.78. The van der Waals surface area contributed by atoms with Crippen molar-refractivity contribution in [3.8, 4) is 5.75 Å². The highest BCUT2D eigenvalue weighted by atomic mass is 16.5. The Balaban J connectivity index is 1.49. The maximum absolute atomic E-state index is 12.7. The molecule has 0 fully saturated rings. The average molecular weight is 402 g/mol. The van der Waals surface area contributed by atoms with Gasteiger partial charge in [-0.15, -0.1) is 0 Å². The number of benzene rings is 3. The van der Waals surface area contributed by atoms with Crippen molar-refractivity contribution < 1.29 is 9.53 Å². The standard InChI is InChI=1S/C27H31NO2/c1-27(2,3)23-15-17-24(18-16-23)30-20-19-28-26(29)25-12-8-7-11-22(25)14-13-21-9-5-4-6-10-21/h4-12,15-18H,13-14,19-20H2,1-3H3,(H,28,29). The van der Waals surface area contributed by atoms with Crippen molar-refractivity contribution in [3.63, 3.8) is 0 Å². The Morgan fingerprint density at radius 3 is 2.20 bits per heavy atom. The highest BCUT2D eigenvalue weighted by Gasteiger charge is 2.13. The molecular weight excluding hydrogens is 370 g/mol. The molecule has 0 aliphatic carbocycles. The third kappa shape index (κ3) is 6.21. The second-order valence-electron chi connectivity index (χ2n) is 8.52. The van der Waals surface area contributed by atoms with Gasteiger partial charge in [0, 0.05) is 5.56 Å². The summed E-state index contributed by atoms with van der Waals surface area (Å²) in [6, 6.07) is 26.3. The van der Waals surface area contributed by atoms with E-state index in [-0.39, 0.29) is 11.3 Å². The molecule has 0 bridgehead atoms. The maximum Gasteiger partial charge on any atom is 0.251 e. The van der Waals surface area contributed by atoms with Gasteiger partial charge in [0.15, 0.2) is 0 Å². The Labute approximate surface area is 180 Å². The Morgan fingerprint density at radius 1 is 0.833 bits per heavy atom. The molecule has 3 aromatic carbocycles. The van der Waals surface area contributed by atoms with Gasteiger partial charge in [-0.05, 0) is 53.1 Å². The molecule has 0 saturated heterocycles. The van der Waals surface area contributed by atoms with Crippen LogP contribution in [0.5, 0.6) is 5.75 Å². The number of aryl methyl sites for hydroxylation is 2. The van der Waals surface area contributed by atoms with E-state index in [1.54, 1.807) is 0 Å². The van der Waals surface area contributed by atoms with E-state index in [1.807, 2.05) is 54.6 Å². The van der Waals surface area contributed by atoms with Gasteiger partial charge in [-0.1, -0.05) is 81.4 Å². The molecule has 0 atom stereocenters. The summed E-state index contributed by atoms with van der Waals surface area (Å²) in [6.45, 7) is 7.47. The fourth-order valence-electron chi connectivity index (χ4n) is 3.36. The zero-order valence-corrected chi connectivity index (χ0v) is 18.2. The molecule has 1 N–H and O–H groups in total. The first-order chi connectivity index (χ1) is 14.4. The lowest BCUT2D eigenvalue weighted by Crippen LogP contribution is -2.29. The summed E-state index contributed by atoms with van der Waals surface area (Å²) in [7, 11) is 0. The number of carbonyl (C=O) groups is 1. The van der Waals surface area contributed by atoms with Gasteiger partial charge in [-0.2, -0.15) is 0 Å². The average Bonchev–Trinajstić information content (AvgIpc) is 2.76. The number of carbonyl (C=O) groups excluding carboxylic acids is 1. The lowest BCUT2D eigenvalue weighted by atomic mass is 9.87. The third-order valence-corrected chi connectivity index (χ3v) is 5.16. The van der Waals surface area contributed by atoms with Crippen LogP contribution in [0.15, 0.2) is 78.9 Å². The fraction of sp³-hybridized carbons (Fsp3) is 0.296. The quantitative estimate of drug-likeness (QED) is 0.501. The minimum atomic E-state index is -0.0506. The summed E-state index contributed by atoms with van der Waals surface area (Å²) in [5.74, 6) is 0.769. The smallest absolute Gasteiger partial charge is 0.251 e. The van der Waals surface area contributed by atoms with Gasteiger partial charge in [-0.25, -0.2) is 0 Å². The topological polar surface area (TPSA) is 38.3 Å². The van der Waals surface area contributed by atoms with Crippen molar-refractivity contribution in [1.29, 1.82) is 0 Å². The molecule has 30 heavy (non-hydrogen) atoms. The Hall–Kier alpha value is -3.07. The van der Waals surface area contributed by atoms with Crippen LogP contribution in [0.1, 0.15) is 47.8 Å². The first-order valence-electron chi connectivity index (χ1n) is 10.6. The van der Waals surface area contributed by atoms with Crippen molar-refractivity contribution in [1.82, 2.24) is 5.32 Å². The zero-order chi connectivity index (χ0) is 21.4. The minimum absolute atomic E-state index is 0.0506. The second kappa shape index (κ2) is 10.1. The molecule has 0 aromatic heterocycles. The molecule has 0 aliphatic rings. The SMILES string of the molecule is CC(C)(C)c1ccc(OCCNC(=O)c2ccccc2CCc2ccccc2)cc1. The van der Waals surface area contributed by atoms with E-state index < -0.39 is 0 Å². The van der Waals surface area contributed by atoms with E-state index in [4.69, 9.17) is 4.74 Å². The third-order valence-electron chi connectivity index (χ3n) is 5.16. The maximum atomic E-state index is 12.7. The van der Waals surface area contributed by atoms with Crippen molar-refractivity contribution in [2.24, 2.45) is 0 Å². The first-order valence-corrected chi connectivity index (χ1v) is 10.6. The summed E-state index contributed by atoms with van der Waals surface area (Å²) in [6.07, 6.45) is 1.75. The zero-order valence-electron chi connectivity index (χ0n) is 18.2. The summed E-state index contributed by atoms with van der Waals surface area (Å²) >= 11 is 0. The number of hydrogen-bond acceptors (Lipinski definition) is 2. The van der Waals surface area contributed by atoms with Crippen LogP contribution in [-0.4, -0.2) is 19.1 Å². The van der Waals surface area contributed by atoms with Crippen LogP contribution >= 0.6 is 0 Å². The van der Waals surface area contributed by atoms with E-state index in [1.165, 1.54) is 11.1 Å². The molecule has 0 heterocycles. The normalized spacial score (nSPS) is 11.2. The Bertz CT molecular complexity index is 941. The molecule has 0 spiro atoms. The van der Waals surface area contributed by atoms with Gasteiger partial charge in [0.25, 0.3) is 5.91 Å². The van der Waals surface area contributed by atoms with E-state index in [2.05, 4.69) is 50.4 Å². The van der Waals surface area contributed by atoms with Gasteiger partial charge in [0.2, 0.25) is 0 Å². The lowest BCUT2D eigenvalue weighted by molar-refractivity contribution is 0.0946. The predicted molar refractivity (Wildman–Crippen MR) is 123 cm³/mol. The predicted octanol–water partition coefficient (Wildman–Crippen LogP) is 5.58. The van der Waals surface area contributed by atoms with E-state index in [0.717, 1.165) is 29.7 Å². The molecule has 3 rings (SSSR count). The molecule has 3 nitrogen and oxygen atoms in total. The molecule has 0 unspecified atom stereocenters. The van der Waals surface area contributed by atoms with Gasteiger partial charge < -0.3 is 10.1 Å². The number of rotatable bonds is 8. The van der Waals surface area contributed by atoms with Crippen LogP contribution in [-0.2, 0) is 18.3 Å². The Kier molecular flexibility index (Phi) is 7.29. The monoisotopic (exact) mass is 401 g/mol. The van der Waals surface area contributed by atoms with Crippen LogP contribution in [0.25, 0.3) is 0 Å². The largest absolute Gasteiger partial charge is 0.492 e. The van der Waals surface area contributed by atoms with Gasteiger partial charge in [0.1, 0.15) is 12.4 Å². The van der Waals surface area contributed by atoms with Crippen LogP contribution in [0, 0.1) is 0 Å². The van der Waals surface area contributed by atoms with E-state index >= 15 is 0 Å². The van der Waals surface area contributed by atoms with Crippen molar-refractivity contribution in [2.45, 2.75) is 39.0 Å². The molecule has 0 aliphatic heterocycles. The molecule has 0 radical (unpaired) electrons. The first kappa shape index (κ1) is 21.6. The molecule has 0 saturated carbocycles. The van der Waals surface area contributed by atoms with Crippen molar-refractivity contribution in [2.75, 3.05) is 13.2 Å². The number of hydrogen-bond donors (Lipinski definition) is 1. The van der Waals surface area contributed by atoms with Crippen LogP contribution < -0.4 is 10.1 Å². The van der Waals surface area contributed by atoms with Crippen LogP contribution in [0.2, 0.25) is 0 Å². The van der Waals surface area contributed by atoms with Gasteiger partial charge in [0.05, 0.1) is 6.54 Å². The number of ether oxygens (including phenoxy) is 1. The highest BCUT2D eigenvalue weighted by Crippen LogP contribution is 2.24. The van der Waals surface area contributed by atoms with Crippen LogP contribution in [0.4, 0.5) is 0 Å². The van der Waals surface area contributed by atoms with E-state index in [0.29, 0.717) is 13.2 Å². The minimum Gasteiger partial charge on any atom is -0.492 e. The number of amides is 1. The summed E-state index contributed by atoms with van der Waals surface area (Å²) in [5.41, 5.74) is 4.48. The highest BCUT2D eigenvalue weighted by molar-refractivity contribution is 5.95. The molecule has 156 valence electrons. The van der Waals surface area contributed by atoms with Gasteiger partial charge in [-0.3, -0.25) is 4.79 Å². The molecular formula is C27H31NO2. The fourth-order valence-corrected chi connectivity index (χ4v) is 3.36. The van der Waals surface area contributed by atoms with Crippen molar-refractivity contribution in [3.05, 3.63) is 101 Å². The molecule has 3 aromatic rings. The summed E-state index contributed by atoms with van der Waals surface area (Å²) in [5, 5.41) is 2.98. The lowest BCUT2D eigenvalue weighted by Gasteiger charge is -2.19. The van der Waals surface area contributed by atoms with E-state index in [9.17, 15) is 4.79 Å². The van der Waals surface area contributed by atoms with Crippen LogP contribution in [0.3, 0.4) is 0 Å². The number of nitrogens with one attached hydrogen (secondary N) is 1. The summed E-state index contributed by atoms with van der Waals surface area (Å²) in [4.78, 5) is 12.7. The second-order valence-corrected chi connectivity index (χ2v) is 8.52. The molecule has 1 amide bonds. The Morgan fingerprint density at radius 2 is 1.50 bits per heavy atom. The van der Waals surface area contributed by atoms with Crippen molar-refractivity contribution >= 4 is 5.91 Å². The van der Waals surface area contributed by atoms with Gasteiger partial charge >= 0.3 is 0 Å². The molecule has 3 heteroatoms.